The van der Waals surface area contributed by atoms with Gasteiger partial charge in [-0.3, -0.25) is 4.79 Å². The van der Waals surface area contributed by atoms with Gasteiger partial charge < -0.3 is 0 Å². The fraction of sp³-hybridized carbons (Fsp3) is 0.909. The van der Waals surface area contributed by atoms with Crippen LogP contribution in [0, 0.1) is 11.8 Å². The zero-order valence-corrected chi connectivity index (χ0v) is 8.31. The standard InChI is InChI=1S/C11H20O/c1-3-4-6-10-7-5-8-11(12)9(10)2/h9-10H,3-8H2,1-2H3/t9-,10+/m0/s1. The third kappa shape index (κ3) is 2.33. The summed E-state index contributed by atoms with van der Waals surface area (Å²) in [5, 5.41) is 0. The van der Waals surface area contributed by atoms with E-state index in [2.05, 4.69) is 13.8 Å². The van der Waals surface area contributed by atoms with E-state index in [0.29, 0.717) is 17.6 Å². The largest absolute Gasteiger partial charge is 0.299 e. The second-order valence-corrected chi connectivity index (χ2v) is 4.05. The predicted octanol–water partition coefficient (Wildman–Crippen LogP) is 3.18. The van der Waals surface area contributed by atoms with Gasteiger partial charge in [0.2, 0.25) is 0 Å². The van der Waals surface area contributed by atoms with Crippen molar-refractivity contribution in [2.24, 2.45) is 11.8 Å². The molecule has 12 heavy (non-hydrogen) atoms. The van der Waals surface area contributed by atoms with Crippen LogP contribution in [0.15, 0.2) is 0 Å². The molecule has 2 atom stereocenters. The molecule has 0 aromatic rings. The van der Waals surface area contributed by atoms with Gasteiger partial charge in [0.25, 0.3) is 0 Å². The maximum absolute atomic E-state index is 11.4. The van der Waals surface area contributed by atoms with Gasteiger partial charge in [-0.25, -0.2) is 0 Å². The molecular formula is C11H20O. The van der Waals surface area contributed by atoms with Crippen molar-refractivity contribution in [2.75, 3.05) is 0 Å². The van der Waals surface area contributed by atoms with Gasteiger partial charge in [0.1, 0.15) is 5.78 Å². The van der Waals surface area contributed by atoms with Crippen molar-refractivity contribution in [3.05, 3.63) is 0 Å². The Morgan fingerprint density at radius 3 is 2.92 bits per heavy atom. The van der Waals surface area contributed by atoms with Gasteiger partial charge in [-0.2, -0.15) is 0 Å². The van der Waals surface area contributed by atoms with E-state index < -0.39 is 0 Å². The van der Waals surface area contributed by atoms with Crippen LogP contribution in [-0.4, -0.2) is 5.78 Å². The molecule has 0 N–H and O–H groups in total. The van der Waals surface area contributed by atoms with Crippen molar-refractivity contribution in [1.29, 1.82) is 0 Å². The minimum Gasteiger partial charge on any atom is -0.299 e. The summed E-state index contributed by atoms with van der Waals surface area (Å²) in [4.78, 5) is 11.4. The zero-order chi connectivity index (χ0) is 8.97. The topological polar surface area (TPSA) is 17.1 Å². The Hall–Kier alpha value is -0.330. The zero-order valence-electron chi connectivity index (χ0n) is 8.31. The fourth-order valence-electron chi connectivity index (χ4n) is 2.14. The van der Waals surface area contributed by atoms with Gasteiger partial charge in [0.15, 0.2) is 0 Å². The molecule has 70 valence electrons. The van der Waals surface area contributed by atoms with Crippen molar-refractivity contribution in [1.82, 2.24) is 0 Å². The lowest BCUT2D eigenvalue weighted by Gasteiger charge is -2.27. The van der Waals surface area contributed by atoms with Crippen molar-refractivity contribution < 1.29 is 4.79 Å². The second kappa shape index (κ2) is 4.64. The molecule has 0 unspecified atom stereocenters. The molecule has 1 aliphatic carbocycles. The van der Waals surface area contributed by atoms with Gasteiger partial charge in [0.05, 0.1) is 0 Å². The highest BCUT2D eigenvalue weighted by atomic mass is 16.1. The van der Waals surface area contributed by atoms with Crippen LogP contribution in [0.2, 0.25) is 0 Å². The average molecular weight is 168 g/mol. The average Bonchev–Trinajstić information content (AvgIpc) is 2.08. The van der Waals surface area contributed by atoms with Crippen LogP contribution in [0.3, 0.4) is 0 Å². The van der Waals surface area contributed by atoms with E-state index in [1.165, 1.54) is 25.7 Å². The molecule has 1 heteroatoms. The summed E-state index contributed by atoms with van der Waals surface area (Å²) in [6, 6.07) is 0. The Labute approximate surface area is 75.5 Å². The van der Waals surface area contributed by atoms with Crippen LogP contribution in [0.1, 0.15) is 52.4 Å². The maximum atomic E-state index is 11.4. The Morgan fingerprint density at radius 2 is 2.25 bits per heavy atom. The number of rotatable bonds is 3. The van der Waals surface area contributed by atoms with Gasteiger partial charge in [-0.1, -0.05) is 26.7 Å². The quantitative estimate of drug-likeness (QED) is 0.632. The normalized spacial score (nSPS) is 30.7. The molecule has 0 bridgehead atoms. The molecule has 0 aromatic heterocycles. The number of ketones is 1. The third-order valence-electron chi connectivity index (χ3n) is 3.14. The summed E-state index contributed by atoms with van der Waals surface area (Å²) >= 11 is 0. The minimum absolute atomic E-state index is 0.352. The number of carbonyl (C=O) groups excluding carboxylic acids is 1. The van der Waals surface area contributed by atoms with E-state index in [4.69, 9.17) is 0 Å². The Kier molecular flexibility index (Phi) is 3.77. The summed E-state index contributed by atoms with van der Waals surface area (Å²) in [5.41, 5.74) is 0. The fourth-order valence-corrected chi connectivity index (χ4v) is 2.14. The Morgan fingerprint density at radius 1 is 1.50 bits per heavy atom. The molecular weight excluding hydrogens is 148 g/mol. The summed E-state index contributed by atoms with van der Waals surface area (Å²) in [5.74, 6) is 1.55. The first-order valence-corrected chi connectivity index (χ1v) is 5.28. The summed E-state index contributed by atoms with van der Waals surface area (Å²) in [7, 11) is 0. The first-order chi connectivity index (χ1) is 5.75. The number of unbranched alkanes of at least 4 members (excludes halogenated alkanes) is 1. The highest BCUT2D eigenvalue weighted by Crippen LogP contribution is 2.30. The van der Waals surface area contributed by atoms with Gasteiger partial charge in [-0.15, -0.1) is 0 Å². The number of hydrogen-bond donors (Lipinski definition) is 0. The van der Waals surface area contributed by atoms with Crippen molar-refractivity contribution in [3.8, 4) is 0 Å². The van der Waals surface area contributed by atoms with Crippen LogP contribution in [-0.2, 0) is 4.79 Å². The monoisotopic (exact) mass is 168 g/mol. The molecule has 0 amide bonds. The highest BCUT2D eigenvalue weighted by Gasteiger charge is 2.26. The van der Waals surface area contributed by atoms with Crippen molar-refractivity contribution in [3.63, 3.8) is 0 Å². The SMILES string of the molecule is CCCC[C@@H]1CCCC(=O)[C@H]1C. The molecule has 1 saturated carbocycles. The number of hydrogen-bond acceptors (Lipinski definition) is 1. The second-order valence-electron chi connectivity index (χ2n) is 4.05. The van der Waals surface area contributed by atoms with E-state index in [9.17, 15) is 4.79 Å². The van der Waals surface area contributed by atoms with Crippen molar-refractivity contribution in [2.45, 2.75) is 52.4 Å². The first-order valence-electron chi connectivity index (χ1n) is 5.28. The molecule has 0 saturated heterocycles. The lowest BCUT2D eigenvalue weighted by molar-refractivity contribution is -0.126. The van der Waals surface area contributed by atoms with E-state index in [1.54, 1.807) is 0 Å². The lowest BCUT2D eigenvalue weighted by atomic mass is 9.77. The molecule has 0 spiro atoms. The van der Waals surface area contributed by atoms with E-state index in [0.717, 1.165) is 12.8 Å². The van der Waals surface area contributed by atoms with Crippen LogP contribution < -0.4 is 0 Å². The smallest absolute Gasteiger partial charge is 0.135 e. The third-order valence-corrected chi connectivity index (χ3v) is 3.14. The molecule has 0 aliphatic heterocycles. The molecule has 1 aliphatic rings. The first kappa shape index (κ1) is 9.76. The van der Waals surface area contributed by atoms with Crippen LogP contribution in [0.4, 0.5) is 0 Å². The molecule has 1 rings (SSSR count). The summed E-state index contributed by atoms with van der Waals surface area (Å²) in [6.45, 7) is 4.33. The van der Waals surface area contributed by atoms with Crippen molar-refractivity contribution >= 4 is 5.78 Å². The Balaban J connectivity index is 2.35. The maximum Gasteiger partial charge on any atom is 0.135 e. The summed E-state index contributed by atoms with van der Waals surface area (Å²) < 4.78 is 0. The predicted molar refractivity (Wildman–Crippen MR) is 51.0 cm³/mol. The van der Waals surface area contributed by atoms with Crippen LogP contribution >= 0.6 is 0 Å². The Bertz CT molecular complexity index is 151. The lowest BCUT2D eigenvalue weighted by Crippen LogP contribution is -2.25. The number of Topliss-reactive ketones (excluding diaryl/α,β-unsaturated/α-hetero) is 1. The summed E-state index contributed by atoms with van der Waals surface area (Å²) in [6.07, 6.45) is 7.08. The van der Waals surface area contributed by atoms with Crippen LogP contribution in [0.25, 0.3) is 0 Å². The molecule has 1 fully saturated rings. The number of carbonyl (C=O) groups is 1. The van der Waals surface area contributed by atoms with Gasteiger partial charge in [-0.05, 0) is 25.2 Å². The van der Waals surface area contributed by atoms with Crippen LogP contribution in [0.5, 0.6) is 0 Å². The van der Waals surface area contributed by atoms with E-state index >= 15 is 0 Å². The minimum atomic E-state index is 0.352. The van der Waals surface area contributed by atoms with E-state index in [-0.39, 0.29) is 0 Å². The molecule has 1 nitrogen and oxygen atoms in total. The van der Waals surface area contributed by atoms with Gasteiger partial charge >= 0.3 is 0 Å². The molecule has 0 radical (unpaired) electrons. The highest BCUT2D eigenvalue weighted by molar-refractivity contribution is 5.81. The van der Waals surface area contributed by atoms with Gasteiger partial charge in [0, 0.05) is 12.3 Å². The molecule has 0 heterocycles. The van der Waals surface area contributed by atoms with E-state index in [1.807, 2.05) is 0 Å². The molecule has 0 aromatic carbocycles.